The van der Waals surface area contributed by atoms with E-state index in [4.69, 9.17) is 9.84 Å². The van der Waals surface area contributed by atoms with Crippen LogP contribution in [0.4, 0.5) is 10.5 Å². The number of rotatable bonds is 9. The molecule has 1 aromatic rings. The minimum Gasteiger partial charge on any atom is -0.480 e. The molecule has 0 aromatic heterocycles. The number of nitrogens with zero attached hydrogens (tertiary/aromatic N) is 1. The highest BCUT2D eigenvalue weighted by Crippen LogP contribution is 2.12. The number of urea groups is 1. The summed E-state index contributed by atoms with van der Waals surface area (Å²) in [5.41, 5.74) is 0.532. The number of benzene rings is 1. The molecule has 0 atom stereocenters. The SMILES string of the molecule is C=CCCOCCNC(=O)N(CC(=O)O)c1ccccc1. The molecule has 2 amide bonds. The fourth-order valence-electron chi connectivity index (χ4n) is 1.62. The third kappa shape index (κ3) is 6.58. The maximum Gasteiger partial charge on any atom is 0.323 e. The van der Waals surface area contributed by atoms with E-state index in [9.17, 15) is 9.59 Å². The number of nitrogens with one attached hydrogen (secondary N) is 1. The summed E-state index contributed by atoms with van der Waals surface area (Å²) in [7, 11) is 0. The Labute approximate surface area is 124 Å². The molecule has 0 aliphatic rings. The minimum absolute atomic E-state index is 0.318. The van der Waals surface area contributed by atoms with Gasteiger partial charge in [-0.1, -0.05) is 24.3 Å². The zero-order valence-electron chi connectivity index (χ0n) is 11.8. The molecule has 0 saturated carbocycles. The minimum atomic E-state index is -1.07. The van der Waals surface area contributed by atoms with Gasteiger partial charge in [-0.05, 0) is 18.6 Å². The first kappa shape index (κ1) is 16.7. The molecule has 0 spiro atoms. The van der Waals surface area contributed by atoms with E-state index in [0.29, 0.717) is 25.4 Å². The van der Waals surface area contributed by atoms with E-state index in [-0.39, 0.29) is 0 Å². The summed E-state index contributed by atoms with van der Waals surface area (Å²) in [5, 5.41) is 11.5. The monoisotopic (exact) mass is 292 g/mol. The van der Waals surface area contributed by atoms with Crippen molar-refractivity contribution >= 4 is 17.7 Å². The number of ether oxygens (including phenoxy) is 1. The normalized spacial score (nSPS) is 9.90. The topological polar surface area (TPSA) is 78.9 Å². The molecule has 6 heteroatoms. The predicted octanol–water partition coefficient (Wildman–Crippen LogP) is 1.88. The Morgan fingerprint density at radius 2 is 2.00 bits per heavy atom. The van der Waals surface area contributed by atoms with Crippen LogP contribution in [0.25, 0.3) is 0 Å². The molecular formula is C15H20N2O4. The zero-order chi connectivity index (χ0) is 15.5. The highest BCUT2D eigenvalue weighted by atomic mass is 16.5. The van der Waals surface area contributed by atoms with Gasteiger partial charge in [0.1, 0.15) is 6.54 Å². The second-order valence-corrected chi connectivity index (χ2v) is 4.24. The van der Waals surface area contributed by atoms with Crippen LogP contribution in [0.1, 0.15) is 6.42 Å². The largest absolute Gasteiger partial charge is 0.480 e. The third-order valence-corrected chi connectivity index (χ3v) is 2.60. The van der Waals surface area contributed by atoms with Crippen molar-refractivity contribution in [3.8, 4) is 0 Å². The van der Waals surface area contributed by atoms with Crippen molar-refractivity contribution < 1.29 is 19.4 Å². The van der Waals surface area contributed by atoms with Crippen molar-refractivity contribution in [2.45, 2.75) is 6.42 Å². The van der Waals surface area contributed by atoms with Crippen LogP contribution in [-0.2, 0) is 9.53 Å². The number of hydrogen-bond acceptors (Lipinski definition) is 3. The van der Waals surface area contributed by atoms with Gasteiger partial charge in [0.05, 0.1) is 13.2 Å². The lowest BCUT2D eigenvalue weighted by Crippen LogP contribution is -2.44. The molecule has 0 unspecified atom stereocenters. The van der Waals surface area contributed by atoms with Gasteiger partial charge in [-0.2, -0.15) is 0 Å². The molecule has 0 aliphatic heterocycles. The van der Waals surface area contributed by atoms with Crippen LogP contribution in [0.5, 0.6) is 0 Å². The van der Waals surface area contributed by atoms with E-state index in [1.54, 1.807) is 36.4 Å². The van der Waals surface area contributed by atoms with Crippen LogP contribution < -0.4 is 10.2 Å². The van der Waals surface area contributed by atoms with E-state index in [1.165, 1.54) is 4.90 Å². The number of amides is 2. The van der Waals surface area contributed by atoms with E-state index in [1.807, 2.05) is 0 Å². The van der Waals surface area contributed by atoms with Crippen molar-refractivity contribution in [3.05, 3.63) is 43.0 Å². The van der Waals surface area contributed by atoms with Gasteiger partial charge in [0.15, 0.2) is 0 Å². The highest BCUT2D eigenvalue weighted by Gasteiger charge is 2.17. The number of carboxylic acid groups (broad SMARTS) is 1. The van der Waals surface area contributed by atoms with E-state index >= 15 is 0 Å². The van der Waals surface area contributed by atoms with Crippen molar-refractivity contribution in [1.29, 1.82) is 0 Å². The fourth-order valence-corrected chi connectivity index (χ4v) is 1.62. The Hall–Kier alpha value is -2.34. The Bertz CT molecular complexity index is 462. The van der Waals surface area contributed by atoms with E-state index in [0.717, 1.165) is 6.42 Å². The molecule has 0 fully saturated rings. The summed E-state index contributed by atoms with van der Waals surface area (Å²) in [4.78, 5) is 24.1. The smallest absolute Gasteiger partial charge is 0.323 e. The molecule has 0 bridgehead atoms. The second kappa shape index (κ2) is 9.55. The number of anilines is 1. The first-order valence-electron chi connectivity index (χ1n) is 6.66. The Morgan fingerprint density at radius 3 is 2.62 bits per heavy atom. The molecular weight excluding hydrogens is 272 g/mol. The molecule has 0 aliphatic carbocycles. The summed E-state index contributed by atoms with van der Waals surface area (Å²) in [5.74, 6) is -1.07. The lowest BCUT2D eigenvalue weighted by Gasteiger charge is -2.21. The van der Waals surface area contributed by atoms with Crippen LogP contribution in [-0.4, -0.2) is 43.4 Å². The quantitative estimate of drug-likeness (QED) is 0.538. The maximum atomic E-state index is 12.0. The van der Waals surface area contributed by atoms with Crippen LogP contribution in [0, 0.1) is 0 Å². The summed E-state index contributed by atoms with van der Waals surface area (Å²) in [6.07, 6.45) is 2.51. The van der Waals surface area contributed by atoms with Crippen molar-refractivity contribution in [2.75, 3.05) is 31.2 Å². The summed E-state index contributed by atoms with van der Waals surface area (Å²) < 4.78 is 5.27. The standard InChI is InChI=1S/C15H20N2O4/c1-2-3-10-21-11-9-16-15(20)17(12-14(18)19)13-7-5-4-6-8-13/h2,4-8H,1,3,9-12H2,(H,16,20)(H,18,19). The molecule has 114 valence electrons. The van der Waals surface area contributed by atoms with Gasteiger partial charge >= 0.3 is 12.0 Å². The van der Waals surface area contributed by atoms with Crippen LogP contribution in [0.3, 0.4) is 0 Å². The van der Waals surface area contributed by atoms with Crippen molar-refractivity contribution in [3.63, 3.8) is 0 Å². The van der Waals surface area contributed by atoms with Crippen LogP contribution in [0.2, 0.25) is 0 Å². The maximum absolute atomic E-state index is 12.0. The third-order valence-electron chi connectivity index (χ3n) is 2.60. The molecule has 0 radical (unpaired) electrons. The number of carbonyl (C=O) groups excluding carboxylic acids is 1. The Balaban J connectivity index is 2.49. The van der Waals surface area contributed by atoms with Gasteiger partial charge in [0.2, 0.25) is 0 Å². The van der Waals surface area contributed by atoms with Crippen molar-refractivity contribution in [2.24, 2.45) is 0 Å². The average molecular weight is 292 g/mol. The van der Waals surface area contributed by atoms with Crippen LogP contribution >= 0.6 is 0 Å². The van der Waals surface area contributed by atoms with Crippen molar-refractivity contribution in [1.82, 2.24) is 5.32 Å². The number of para-hydroxylation sites is 1. The average Bonchev–Trinajstić information content (AvgIpc) is 2.49. The van der Waals surface area contributed by atoms with E-state index in [2.05, 4.69) is 11.9 Å². The van der Waals surface area contributed by atoms with E-state index < -0.39 is 18.5 Å². The first-order valence-corrected chi connectivity index (χ1v) is 6.66. The van der Waals surface area contributed by atoms with Gasteiger partial charge in [-0.15, -0.1) is 6.58 Å². The zero-order valence-corrected chi connectivity index (χ0v) is 11.8. The molecule has 6 nitrogen and oxygen atoms in total. The molecule has 0 heterocycles. The summed E-state index contributed by atoms with van der Waals surface area (Å²) >= 11 is 0. The lowest BCUT2D eigenvalue weighted by atomic mass is 10.3. The lowest BCUT2D eigenvalue weighted by molar-refractivity contribution is -0.135. The highest BCUT2D eigenvalue weighted by molar-refractivity contribution is 5.96. The Morgan fingerprint density at radius 1 is 1.29 bits per heavy atom. The van der Waals surface area contributed by atoms with Crippen LogP contribution in [0.15, 0.2) is 43.0 Å². The van der Waals surface area contributed by atoms with Gasteiger partial charge < -0.3 is 15.2 Å². The van der Waals surface area contributed by atoms with Gasteiger partial charge in [0, 0.05) is 12.2 Å². The number of aliphatic carboxylic acids is 1. The molecule has 1 rings (SSSR count). The molecule has 2 N–H and O–H groups in total. The number of hydrogen-bond donors (Lipinski definition) is 2. The summed E-state index contributed by atoms with van der Waals surface area (Å²) in [6, 6.07) is 8.20. The second-order valence-electron chi connectivity index (χ2n) is 4.24. The van der Waals surface area contributed by atoms with Gasteiger partial charge in [0.25, 0.3) is 0 Å². The molecule has 21 heavy (non-hydrogen) atoms. The number of carboxylic acids is 1. The predicted molar refractivity (Wildman–Crippen MR) is 80.5 cm³/mol. The van der Waals surface area contributed by atoms with Gasteiger partial charge in [-0.3, -0.25) is 9.69 Å². The number of carbonyl (C=O) groups is 2. The van der Waals surface area contributed by atoms with Gasteiger partial charge in [-0.25, -0.2) is 4.79 Å². The molecule has 1 aromatic carbocycles. The Kier molecular flexibility index (Phi) is 7.60. The summed E-state index contributed by atoms with van der Waals surface area (Å²) in [6.45, 7) is 4.42. The molecule has 0 saturated heterocycles. The first-order chi connectivity index (χ1) is 10.1. The fraction of sp³-hybridized carbons (Fsp3) is 0.333.